The Balaban J connectivity index is 2.18. The topological polar surface area (TPSA) is 38.9 Å². The van der Waals surface area contributed by atoms with E-state index in [-0.39, 0.29) is 0 Å². The standard InChI is InChI=1S/C13H9ClN2O/c1-8-3-2-4-9-7-11(17-13(8)9)10-5-6-12(14)16-15-10/h2-7H,1H3. The minimum atomic E-state index is 0.376. The smallest absolute Gasteiger partial charge is 0.155 e. The number of para-hydroxylation sites is 1. The minimum absolute atomic E-state index is 0.376. The van der Waals surface area contributed by atoms with Crippen LogP contribution in [0.3, 0.4) is 0 Å². The second-order valence-electron chi connectivity index (χ2n) is 3.85. The second kappa shape index (κ2) is 3.86. The first-order valence-corrected chi connectivity index (χ1v) is 5.60. The third-order valence-corrected chi connectivity index (χ3v) is 2.83. The molecule has 2 heterocycles. The summed E-state index contributed by atoms with van der Waals surface area (Å²) in [7, 11) is 0. The maximum absolute atomic E-state index is 5.78. The maximum Gasteiger partial charge on any atom is 0.155 e. The number of hydrogen-bond acceptors (Lipinski definition) is 3. The van der Waals surface area contributed by atoms with Crippen LogP contribution in [-0.4, -0.2) is 10.2 Å². The summed E-state index contributed by atoms with van der Waals surface area (Å²) in [4.78, 5) is 0. The molecule has 0 aliphatic heterocycles. The molecule has 0 aliphatic carbocycles. The summed E-state index contributed by atoms with van der Waals surface area (Å²) in [6.45, 7) is 2.02. The molecule has 0 saturated heterocycles. The van der Waals surface area contributed by atoms with Gasteiger partial charge in [0.2, 0.25) is 0 Å². The van der Waals surface area contributed by atoms with Crippen LogP contribution in [0.1, 0.15) is 5.56 Å². The van der Waals surface area contributed by atoms with Crippen LogP contribution in [0.15, 0.2) is 40.8 Å². The lowest BCUT2D eigenvalue weighted by Gasteiger charge is -1.94. The van der Waals surface area contributed by atoms with Crippen LogP contribution in [0.2, 0.25) is 5.15 Å². The molecule has 3 aromatic rings. The molecule has 0 bridgehead atoms. The van der Waals surface area contributed by atoms with Crippen LogP contribution in [0, 0.1) is 6.92 Å². The number of aryl methyl sites for hydroxylation is 1. The average molecular weight is 245 g/mol. The highest BCUT2D eigenvalue weighted by Gasteiger charge is 2.09. The highest BCUT2D eigenvalue weighted by atomic mass is 35.5. The molecule has 3 rings (SSSR count). The summed E-state index contributed by atoms with van der Waals surface area (Å²) in [5.41, 5.74) is 2.68. The number of rotatable bonds is 1. The summed E-state index contributed by atoms with van der Waals surface area (Å²) in [6, 6.07) is 11.5. The lowest BCUT2D eigenvalue weighted by molar-refractivity contribution is 0.624. The summed E-state index contributed by atoms with van der Waals surface area (Å²) in [5.74, 6) is 0.707. The number of nitrogens with zero attached hydrogens (tertiary/aromatic N) is 2. The van der Waals surface area contributed by atoms with Gasteiger partial charge in [-0.25, -0.2) is 0 Å². The van der Waals surface area contributed by atoms with Crippen molar-refractivity contribution in [3.63, 3.8) is 0 Å². The Bertz CT molecular complexity index is 673. The van der Waals surface area contributed by atoms with Crippen LogP contribution in [0.4, 0.5) is 0 Å². The molecule has 0 fully saturated rings. The van der Waals surface area contributed by atoms with Crippen molar-refractivity contribution in [1.82, 2.24) is 10.2 Å². The van der Waals surface area contributed by atoms with E-state index in [4.69, 9.17) is 16.0 Å². The molecule has 17 heavy (non-hydrogen) atoms. The van der Waals surface area contributed by atoms with E-state index in [0.29, 0.717) is 16.6 Å². The quantitative estimate of drug-likeness (QED) is 0.653. The van der Waals surface area contributed by atoms with E-state index < -0.39 is 0 Å². The number of fused-ring (bicyclic) bond motifs is 1. The first-order valence-electron chi connectivity index (χ1n) is 5.23. The SMILES string of the molecule is Cc1cccc2cc(-c3ccc(Cl)nn3)oc12. The normalized spacial score (nSPS) is 10.9. The molecular formula is C13H9ClN2O. The zero-order valence-corrected chi connectivity index (χ0v) is 9.90. The van der Waals surface area contributed by atoms with Gasteiger partial charge in [-0.15, -0.1) is 10.2 Å². The van der Waals surface area contributed by atoms with Gasteiger partial charge in [-0.05, 0) is 30.7 Å². The molecule has 0 spiro atoms. The predicted molar refractivity (Wildman–Crippen MR) is 67.0 cm³/mol. The summed E-state index contributed by atoms with van der Waals surface area (Å²) in [6.07, 6.45) is 0. The van der Waals surface area contributed by atoms with Crippen molar-refractivity contribution >= 4 is 22.6 Å². The first kappa shape index (κ1) is 10.3. The number of furan rings is 1. The van der Waals surface area contributed by atoms with Gasteiger partial charge in [0.1, 0.15) is 11.3 Å². The Morgan fingerprint density at radius 3 is 2.71 bits per heavy atom. The molecule has 0 atom stereocenters. The van der Waals surface area contributed by atoms with E-state index in [9.17, 15) is 0 Å². The van der Waals surface area contributed by atoms with Crippen molar-refractivity contribution in [3.8, 4) is 11.5 Å². The van der Waals surface area contributed by atoms with Gasteiger partial charge in [-0.1, -0.05) is 29.8 Å². The Morgan fingerprint density at radius 1 is 1.12 bits per heavy atom. The summed E-state index contributed by atoms with van der Waals surface area (Å²) in [5, 5.41) is 9.24. The van der Waals surface area contributed by atoms with Gasteiger partial charge in [-0.2, -0.15) is 0 Å². The zero-order chi connectivity index (χ0) is 11.8. The number of halogens is 1. The van der Waals surface area contributed by atoms with Gasteiger partial charge in [-0.3, -0.25) is 0 Å². The molecule has 0 N–H and O–H groups in total. The van der Waals surface area contributed by atoms with E-state index >= 15 is 0 Å². The number of hydrogen-bond donors (Lipinski definition) is 0. The van der Waals surface area contributed by atoms with Crippen molar-refractivity contribution in [3.05, 3.63) is 47.1 Å². The van der Waals surface area contributed by atoms with Crippen molar-refractivity contribution in [1.29, 1.82) is 0 Å². The van der Waals surface area contributed by atoms with E-state index in [1.807, 2.05) is 31.2 Å². The summed E-state index contributed by atoms with van der Waals surface area (Å²) < 4.78 is 5.78. The Labute approximate surface area is 103 Å². The molecule has 0 unspecified atom stereocenters. The van der Waals surface area contributed by atoms with Crippen LogP contribution >= 0.6 is 11.6 Å². The third kappa shape index (κ3) is 1.78. The van der Waals surface area contributed by atoms with Crippen molar-refractivity contribution < 1.29 is 4.42 Å². The molecule has 0 amide bonds. The van der Waals surface area contributed by atoms with E-state index in [0.717, 1.165) is 16.5 Å². The molecule has 84 valence electrons. The van der Waals surface area contributed by atoms with Gasteiger partial charge < -0.3 is 4.42 Å². The Kier molecular flexibility index (Phi) is 2.34. The monoisotopic (exact) mass is 244 g/mol. The molecular weight excluding hydrogens is 236 g/mol. The average Bonchev–Trinajstić information content (AvgIpc) is 2.75. The van der Waals surface area contributed by atoms with Gasteiger partial charge in [0, 0.05) is 5.39 Å². The van der Waals surface area contributed by atoms with Gasteiger partial charge >= 0.3 is 0 Å². The van der Waals surface area contributed by atoms with Crippen molar-refractivity contribution in [2.75, 3.05) is 0 Å². The molecule has 4 heteroatoms. The molecule has 0 saturated carbocycles. The van der Waals surface area contributed by atoms with Gasteiger partial charge in [0.15, 0.2) is 10.9 Å². The van der Waals surface area contributed by atoms with Crippen LogP contribution in [0.5, 0.6) is 0 Å². The first-order chi connectivity index (χ1) is 8.24. The highest BCUT2D eigenvalue weighted by Crippen LogP contribution is 2.28. The lowest BCUT2D eigenvalue weighted by Crippen LogP contribution is -1.84. The molecule has 0 radical (unpaired) electrons. The van der Waals surface area contributed by atoms with Crippen LogP contribution in [-0.2, 0) is 0 Å². The fraction of sp³-hybridized carbons (Fsp3) is 0.0769. The lowest BCUT2D eigenvalue weighted by atomic mass is 10.2. The third-order valence-electron chi connectivity index (χ3n) is 2.63. The van der Waals surface area contributed by atoms with Crippen LogP contribution in [0.25, 0.3) is 22.4 Å². The fourth-order valence-corrected chi connectivity index (χ4v) is 1.88. The largest absolute Gasteiger partial charge is 0.454 e. The van der Waals surface area contributed by atoms with Gasteiger partial charge in [0.25, 0.3) is 0 Å². The summed E-state index contributed by atoms with van der Waals surface area (Å²) >= 11 is 5.70. The molecule has 0 aliphatic rings. The van der Waals surface area contributed by atoms with Crippen molar-refractivity contribution in [2.24, 2.45) is 0 Å². The fourth-order valence-electron chi connectivity index (χ4n) is 1.78. The molecule has 1 aromatic carbocycles. The maximum atomic E-state index is 5.78. The number of aromatic nitrogens is 2. The van der Waals surface area contributed by atoms with E-state index in [2.05, 4.69) is 10.2 Å². The predicted octanol–water partition coefficient (Wildman–Crippen LogP) is 3.85. The van der Waals surface area contributed by atoms with E-state index in [1.165, 1.54) is 0 Å². The Morgan fingerprint density at radius 2 is 2.00 bits per heavy atom. The van der Waals surface area contributed by atoms with E-state index in [1.54, 1.807) is 12.1 Å². The second-order valence-corrected chi connectivity index (χ2v) is 4.23. The number of benzene rings is 1. The Hall–Kier alpha value is -1.87. The zero-order valence-electron chi connectivity index (χ0n) is 9.14. The minimum Gasteiger partial charge on any atom is -0.454 e. The van der Waals surface area contributed by atoms with Crippen molar-refractivity contribution in [2.45, 2.75) is 6.92 Å². The molecule has 3 nitrogen and oxygen atoms in total. The van der Waals surface area contributed by atoms with Gasteiger partial charge in [0.05, 0.1) is 0 Å². The molecule has 2 aromatic heterocycles. The van der Waals surface area contributed by atoms with Crippen LogP contribution < -0.4 is 0 Å². The highest BCUT2D eigenvalue weighted by molar-refractivity contribution is 6.29.